The van der Waals surface area contributed by atoms with Crippen molar-refractivity contribution >= 4 is 23.5 Å². The van der Waals surface area contributed by atoms with Gasteiger partial charge in [0.05, 0.1) is 11.6 Å². The number of aryl methyl sites for hydroxylation is 1. The number of pyridine rings is 1. The fourth-order valence-corrected chi connectivity index (χ4v) is 2.63. The Labute approximate surface area is 158 Å². The van der Waals surface area contributed by atoms with Crippen molar-refractivity contribution in [3.8, 4) is 0 Å². The van der Waals surface area contributed by atoms with Gasteiger partial charge in [-0.05, 0) is 35.6 Å². The molecule has 0 saturated heterocycles. The van der Waals surface area contributed by atoms with Crippen molar-refractivity contribution in [1.82, 2.24) is 10.3 Å². The smallest absolute Gasteiger partial charge is 0.340 e. The number of ether oxygens (including phenoxy) is 1. The number of esters is 1. The van der Waals surface area contributed by atoms with Crippen molar-refractivity contribution in [1.29, 1.82) is 0 Å². The number of carbonyl (C=O) groups excluding carboxylic acids is 2. The zero-order valence-electron chi connectivity index (χ0n) is 15.2. The average Bonchev–Trinajstić information content (AvgIpc) is 2.64. The van der Waals surface area contributed by atoms with Crippen LogP contribution >= 0.6 is 11.6 Å². The second-order valence-electron chi connectivity index (χ2n) is 6.33. The van der Waals surface area contributed by atoms with E-state index in [1.165, 1.54) is 23.9 Å². The van der Waals surface area contributed by atoms with Crippen LogP contribution in [0.2, 0.25) is 5.15 Å². The van der Waals surface area contributed by atoms with Gasteiger partial charge in [0.2, 0.25) is 0 Å². The first-order valence-electron chi connectivity index (χ1n) is 8.57. The molecular formula is C20H23ClN2O3. The van der Waals surface area contributed by atoms with Crippen molar-refractivity contribution in [3.05, 3.63) is 64.4 Å². The maximum Gasteiger partial charge on any atom is 0.340 e. The molecule has 2 rings (SSSR count). The minimum Gasteiger partial charge on any atom is -0.452 e. The molecule has 1 aromatic carbocycles. The summed E-state index contributed by atoms with van der Waals surface area (Å²) in [4.78, 5) is 28.0. The maximum absolute atomic E-state index is 12.2. The minimum atomic E-state index is -0.613. The zero-order valence-corrected chi connectivity index (χ0v) is 15.9. The number of nitrogens with one attached hydrogen (secondary N) is 1. The van der Waals surface area contributed by atoms with Crippen molar-refractivity contribution in [2.24, 2.45) is 5.92 Å². The molecule has 0 spiro atoms. The Hall–Kier alpha value is -2.40. The topological polar surface area (TPSA) is 68.3 Å². The van der Waals surface area contributed by atoms with Gasteiger partial charge in [-0.15, -0.1) is 0 Å². The standard InChI is InChI=1S/C20H23ClN2O3/c1-4-14-5-7-15(8-6-14)19(13(2)3)23-18(24)12-26-20(25)16-9-10-17(21)22-11-16/h5-11,13,19H,4,12H2,1-3H3,(H,23,24)/t19-/m0/s1. The highest BCUT2D eigenvalue weighted by Crippen LogP contribution is 2.22. The number of hydrogen-bond donors (Lipinski definition) is 1. The molecule has 0 unspecified atom stereocenters. The quantitative estimate of drug-likeness (QED) is 0.588. The Bertz CT molecular complexity index is 743. The first kappa shape index (κ1) is 19.9. The van der Waals surface area contributed by atoms with Crippen LogP contribution in [0.25, 0.3) is 0 Å². The molecule has 0 aliphatic heterocycles. The lowest BCUT2D eigenvalue weighted by molar-refractivity contribution is -0.125. The Morgan fingerprint density at radius 2 is 1.85 bits per heavy atom. The molecule has 1 heterocycles. The highest BCUT2D eigenvalue weighted by molar-refractivity contribution is 6.29. The van der Waals surface area contributed by atoms with Gasteiger partial charge in [0.25, 0.3) is 5.91 Å². The van der Waals surface area contributed by atoms with Gasteiger partial charge in [-0.25, -0.2) is 9.78 Å². The molecule has 0 bridgehead atoms. The molecule has 0 saturated carbocycles. The van der Waals surface area contributed by atoms with Gasteiger partial charge in [-0.1, -0.05) is 56.6 Å². The van der Waals surface area contributed by atoms with Crippen molar-refractivity contribution in [2.45, 2.75) is 33.2 Å². The minimum absolute atomic E-state index is 0.149. The molecule has 1 atom stereocenters. The third-order valence-corrected chi connectivity index (χ3v) is 4.25. The molecule has 6 heteroatoms. The van der Waals surface area contributed by atoms with Crippen LogP contribution < -0.4 is 5.32 Å². The molecular weight excluding hydrogens is 352 g/mol. The molecule has 0 aliphatic carbocycles. The van der Waals surface area contributed by atoms with E-state index in [4.69, 9.17) is 16.3 Å². The fraction of sp³-hybridized carbons (Fsp3) is 0.350. The molecule has 26 heavy (non-hydrogen) atoms. The SMILES string of the molecule is CCc1ccc([C@@H](NC(=O)COC(=O)c2ccc(Cl)nc2)C(C)C)cc1. The lowest BCUT2D eigenvalue weighted by Gasteiger charge is -2.23. The lowest BCUT2D eigenvalue weighted by atomic mass is 9.95. The highest BCUT2D eigenvalue weighted by atomic mass is 35.5. The summed E-state index contributed by atoms with van der Waals surface area (Å²) in [6.07, 6.45) is 2.28. The van der Waals surface area contributed by atoms with Crippen LogP contribution in [0.5, 0.6) is 0 Å². The monoisotopic (exact) mass is 374 g/mol. The number of carbonyl (C=O) groups is 2. The molecule has 1 N–H and O–H groups in total. The Morgan fingerprint density at radius 1 is 1.15 bits per heavy atom. The van der Waals surface area contributed by atoms with E-state index in [1.807, 2.05) is 26.0 Å². The number of rotatable bonds is 7. The van der Waals surface area contributed by atoms with E-state index < -0.39 is 5.97 Å². The zero-order chi connectivity index (χ0) is 19.1. The molecule has 5 nitrogen and oxygen atoms in total. The summed E-state index contributed by atoms with van der Waals surface area (Å²) >= 11 is 5.68. The van der Waals surface area contributed by atoms with Crippen LogP contribution in [0.3, 0.4) is 0 Å². The summed E-state index contributed by atoms with van der Waals surface area (Å²) in [7, 11) is 0. The van der Waals surface area contributed by atoms with Gasteiger partial charge in [0.15, 0.2) is 6.61 Å². The van der Waals surface area contributed by atoms with Crippen molar-refractivity contribution in [2.75, 3.05) is 6.61 Å². The third kappa shape index (κ3) is 5.56. The van der Waals surface area contributed by atoms with E-state index >= 15 is 0 Å². The second-order valence-corrected chi connectivity index (χ2v) is 6.72. The summed E-state index contributed by atoms with van der Waals surface area (Å²) in [5.41, 5.74) is 2.52. The van der Waals surface area contributed by atoms with Crippen LogP contribution in [0.15, 0.2) is 42.6 Å². The van der Waals surface area contributed by atoms with Gasteiger partial charge in [0, 0.05) is 6.20 Å². The second kappa shape index (κ2) is 9.34. The number of nitrogens with zero attached hydrogens (tertiary/aromatic N) is 1. The largest absolute Gasteiger partial charge is 0.452 e. The Morgan fingerprint density at radius 3 is 2.38 bits per heavy atom. The van der Waals surface area contributed by atoms with Crippen LogP contribution in [0, 0.1) is 5.92 Å². The third-order valence-electron chi connectivity index (χ3n) is 4.03. The maximum atomic E-state index is 12.2. The first-order chi connectivity index (χ1) is 12.4. The van der Waals surface area contributed by atoms with E-state index in [1.54, 1.807) is 0 Å². The van der Waals surface area contributed by atoms with E-state index in [9.17, 15) is 9.59 Å². The number of hydrogen-bond acceptors (Lipinski definition) is 4. The molecule has 1 amide bonds. The van der Waals surface area contributed by atoms with Crippen molar-refractivity contribution < 1.29 is 14.3 Å². The van der Waals surface area contributed by atoms with E-state index in [2.05, 4.69) is 29.4 Å². The summed E-state index contributed by atoms with van der Waals surface area (Å²) in [5, 5.41) is 3.22. The lowest BCUT2D eigenvalue weighted by Crippen LogP contribution is -2.35. The molecule has 0 fully saturated rings. The first-order valence-corrected chi connectivity index (χ1v) is 8.95. The number of aromatic nitrogens is 1. The highest BCUT2D eigenvalue weighted by Gasteiger charge is 2.19. The fourth-order valence-electron chi connectivity index (χ4n) is 2.52. The molecule has 0 radical (unpaired) electrons. The van der Waals surface area contributed by atoms with Gasteiger partial charge in [-0.3, -0.25) is 4.79 Å². The van der Waals surface area contributed by atoms with E-state index in [0.29, 0.717) is 0 Å². The summed E-state index contributed by atoms with van der Waals surface area (Å²) in [6, 6.07) is 11.0. The Balaban J connectivity index is 1.94. The predicted molar refractivity (Wildman–Crippen MR) is 101 cm³/mol. The van der Waals surface area contributed by atoms with Crippen molar-refractivity contribution in [3.63, 3.8) is 0 Å². The van der Waals surface area contributed by atoms with Crippen LogP contribution in [0.4, 0.5) is 0 Å². The molecule has 1 aromatic heterocycles. The Kier molecular flexibility index (Phi) is 7.16. The van der Waals surface area contributed by atoms with Gasteiger partial charge < -0.3 is 10.1 Å². The van der Waals surface area contributed by atoms with E-state index in [-0.39, 0.29) is 35.2 Å². The molecule has 2 aromatic rings. The normalized spacial score (nSPS) is 11.9. The predicted octanol–water partition coefficient (Wildman–Crippen LogP) is 3.97. The summed E-state index contributed by atoms with van der Waals surface area (Å²) in [5.74, 6) is -0.765. The number of amides is 1. The van der Waals surface area contributed by atoms with Gasteiger partial charge in [-0.2, -0.15) is 0 Å². The summed E-state index contributed by atoms with van der Waals surface area (Å²) < 4.78 is 5.05. The average molecular weight is 375 g/mol. The summed E-state index contributed by atoms with van der Waals surface area (Å²) in [6.45, 7) is 5.81. The number of benzene rings is 1. The molecule has 0 aliphatic rings. The van der Waals surface area contributed by atoms with Crippen LogP contribution in [-0.4, -0.2) is 23.5 Å². The van der Waals surface area contributed by atoms with Crippen LogP contribution in [0.1, 0.15) is 48.3 Å². The van der Waals surface area contributed by atoms with Gasteiger partial charge in [0.1, 0.15) is 5.15 Å². The van der Waals surface area contributed by atoms with Gasteiger partial charge >= 0.3 is 5.97 Å². The van der Waals surface area contributed by atoms with Crippen LogP contribution in [-0.2, 0) is 16.0 Å². The van der Waals surface area contributed by atoms with E-state index in [0.717, 1.165) is 12.0 Å². The number of halogens is 1. The molecule has 138 valence electrons.